The third-order valence-corrected chi connectivity index (χ3v) is 2.69. The van der Waals surface area contributed by atoms with Crippen molar-refractivity contribution in [3.63, 3.8) is 0 Å². The Morgan fingerprint density at radius 3 is 2.73 bits per heavy atom. The fourth-order valence-electron chi connectivity index (χ4n) is 1.70. The van der Waals surface area contributed by atoms with Crippen molar-refractivity contribution in [2.75, 3.05) is 19.0 Å². The summed E-state index contributed by atoms with van der Waals surface area (Å²) < 4.78 is 2.06. The summed E-state index contributed by atoms with van der Waals surface area (Å²) in [6, 6.07) is 2.15. The Bertz CT molecular complexity index is 296. The quantitative estimate of drug-likeness (QED) is 0.698. The molecule has 0 amide bonds. The molecular formula is C11H20ClN3. The van der Waals surface area contributed by atoms with E-state index in [4.69, 9.17) is 11.6 Å². The van der Waals surface area contributed by atoms with Crippen molar-refractivity contribution in [1.29, 1.82) is 0 Å². The van der Waals surface area contributed by atoms with Gasteiger partial charge in [-0.2, -0.15) is 5.10 Å². The van der Waals surface area contributed by atoms with Gasteiger partial charge in [0.25, 0.3) is 0 Å². The average Bonchev–Trinajstić information content (AvgIpc) is 2.58. The summed E-state index contributed by atoms with van der Waals surface area (Å²) in [4.78, 5) is 2.33. The number of rotatable bonds is 6. The molecule has 0 spiro atoms. The fraction of sp³-hybridized carbons (Fsp3) is 0.727. The van der Waals surface area contributed by atoms with Gasteiger partial charge in [0.05, 0.1) is 11.4 Å². The molecule has 0 bridgehead atoms. The van der Waals surface area contributed by atoms with Gasteiger partial charge in [-0.15, -0.1) is 11.6 Å². The van der Waals surface area contributed by atoms with Crippen molar-refractivity contribution in [2.24, 2.45) is 0 Å². The molecule has 0 N–H and O–H groups in total. The molecule has 86 valence electrons. The lowest BCUT2D eigenvalue weighted by Gasteiger charge is -2.19. The zero-order valence-corrected chi connectivity index (χ0v) is 10.6. The maximum atomic E-state index is 5.76. The van der Waals surface area contributed by atoms with E-state index < -0.39 is 0 Å². The highest BCUT2D eigenvalue weighted by atomic mass is 35.5. The second-order valence-corrected chi connectivity index (χ2v) is 4.03. The molecule has 1 aromatic heterocycles. The van der Waals surface area contributed by atoms with Gasteiger partial charge in [0, 0.05) is 25.5 Å². The zero-order chi connectivity index (χ0) is 11.3. The lowest BCUT2D eigenvalue weighted by molar-refractivity contribution is 0.287. The van der Waals surface area contributed by atoms with Gasteiger partial charge in [0.1, 0.15) is 0 Å². The minimum atomic E-state index is 0.688. The van der Waals surface area contributed by atoms with Gasteiger partial charge >= 0.3 is 0 Å². The zero-order valence-electron chi connectivity index (χ0n) is 9.83. The molecule has 0 aliphatic rings. The highest BCUT2D eigenvalue weighted by Gasteiger charge is 2.08. The molecule has 0 unspecified atom stereocenters. The summed E-state index contributed by atoms with van der Waals surface area (Å²) in [6.07, 6.45) is 0. The summed E-state index contributed by atoms with van der Waals surface area (Å²) in [5.74, 6) is 0.688. The lowest BCUT2D eigenvalue weighted by Crippen LogP contribution is -2.26. The van der Waals surface area contributed by atoms with Gasteiger partial charge in [-0.05, 0) is 26.5 Å². The number of halogens is 1. The summed E-state index contributed by atoms with van der Waals surface area (Å²) in [5.41, 5.74) is 2.37. The monoisotopic (exact) mass is 229 g/mol. The van der Waals surface area contributed by atoms with Crippen LogP contribution in [0.4, 0.5) is 0 Å². The topological polar surface area (TPSA) is 21.1 Å². The van der Waals surface area contributed by atoms with Crippen molar-refractivity contribution in [3.05, 3.63) is 17.5 Å². The molecule has 0 aliphatic carbocycles. The van der Waals surface area contributed by atoms with Crippen molar-refractivity contribution in [2.45, 2.75) is 33.9 Å². The average molecular weight is 230 g/mol. The molecule has 3 nitrogen and oxygen atoms in total. The van der Waals surface area contributed by atoms with Crippen LogP contribution in [-0.4, -0.2) is 33.6 Å². The van der Waals surface area contributed by atoms with Gasteiger partial charge < -0.3 is 0 Å². The number of aromatic nitrogens is 2. The molecule has 1 aromatic rings. The molecule has 0 fully saturated rings. The van der Waals surface area contributed by atoms with E-state index in [0.29, 0.717) is 5.88 Å². The van der Waals surface area contributed by atoms with E-state index in [1.54, 1.807) is 0 Å². The number of aryl methyl sites for hydroxylation is 2. The van der Waals surface area contributed by atoms with Gasteiger partial charge in [0.2, 0.25) is 0 Å². The predicted molar refractivity (Wildman–Crippen MR) is 64.3 cm³/mol. The molecule has 0 saturated heterocycles. The van der Waals surface area contributed by atoms with Gasteiger partial charge in [0.15, 0.2) is 0 Å². The second kappa shape index (κ2) is 6.13. The second-order valence-electron chi connectivity index (χ2n) is 3.65. The van der Waals surface area contributed by atoms with E-state index in [9.17, 15) is 0 Å². The molecular weight excluding hydrogens is 210 g/mol. The van der Waals surface area contributed by atoms with Gasteiger partial charge in [-0.25, -0.2) is 0 Å². The van der Waals surface area contributed by atoms with Crippen LogP contribution in [0.25, 0.3) is 0 Å². The van der Waals surface area contributed by atoms with Crippen molar-refractivity contribution >= 4 is 11.6 Å². The van der Waals surface area contributed by atoms with Crippen LogP contribution in [0.1, 0.15) is 25.2 Å². The third kappa shape index (κ3) is 3.50. The van der Waals surface area contributed by atoms with Crippen LogP contribution in [-0.2, 0) is 13.1 Å². The summed E-state index contributed by atoms with van der Waals surface area (Å²) in [5, 5.41) is 4.43. The van der Waals surface area contributed by atoms with E-state index in [1.165, 1.54) is 5.69 Å². The van der Waals surface area contributed by atoms with E-state index in [2.05, 4.69) is 34.6 Å². The Balaban J connectivity index is 2.68. The highest BCUT2D eigenvalue weighted by molar-refractivity contribution is 6.18. The Labute approximate surface area is 97.0 Å². The molecule has 1 heterocycles. The van der Waals surface area contributed by atoms with Gasteiger partial charge in [-0.1, -0.05) is 6.92 Å². The number of hydrogen-bond donors (Lipinski definition) is 0. The van der Waals surface area contributed by atoms with Crippen LogP contribution in [0.5, 0.6) is 0 Å². The van der Waals surface area contributed by atoms with Crippen LogP contribution in [0, 0.1) is 6.92 Å². The first-order valence-corrected chi connectivity index (χ1v) is 6.06. The number of hydrogen-bond acceptors (Lipinski definition) is 2. The van der Waals surface area contributed by atoms with Crippen LogP contribution in [0.15, 0.2) is 6.07 Å². The largest absolute Gasteiger partial charge is 0.297 e. The van der Waals surface area contributed by atoms with Gasteiger partial charge in [-0.3, -0.25) is 9.58 Å². The van der Waals surface area contributed by atoms with E-state index in [0.717, 1.165) is 31.9 Å². The first kappa shape index (κ1) is 12.5. The molecule has 4 heteroatoms. The summed E-state index contributed by atoms with van der Waals surface area (Å²) in [7, 11) is 0. The van der Waals surface area contributed by atoms with Crippen molar-refractivity contribution in [1.82, 2.24) is 14.7 Å². The number of alkyl halides is 1. The van der Waals surface area contributed by atoms with E-state index >= 15 is 0 Å². The van der Waals surface area contributed by atoms with Crippen LogP contribution < -0.4 is 0 Å². The maximum Gasteiger partial charge on any atom is 0.0597 e. The van der Waals surface area contributed by atoms with E-state index in [1.807, 2.05) is 6.92 Å². The van der Waals surface area contributed by atoms with Crippen molar-refractivity contribution in [3.8, 4) is 0 Å². The summed E-state index contributed by atoms with van der Waals surface area (Å²) in [6.45, 7) is 10.2. The molecule has 0 saturated carbocycles. The maximum absolute atomic E-state index is 5.76. The molecule has 0 aromatic carbocycles. The highest BCUT2D eigenvalue weighted by Crippen LogP contribution is 2.07. The normalized spacial score (nSPS) is 11.3. The SMILES string of the molecule is CCN(CCCl)Cc1cc(C)nn1CC. The lowest BCUT2D eigenvalue weighted by atomic mass is 10.3. The molecule has 0 radical (unpaired) electrons. The van der Waals surface area contributed by atoms with E-state index in [-0.39, 0.29) is 0 Å². The predicted octanol–water partition coefficient (Wildman–Crippen LogP) is 2.27. The van der Waals surface area contributed by atoms with Crippen LogP contribution in [0.3, 0.4) is 0 Å². The Morgan fingerprint density at radius 1 is 1.47 bits per heavy atom. The Hall–Kier alpha value is -0.540. The molecule has 1 rings (SSSR count). The Morgan fingerprint density at radius 2 is 2.20 bits per heavy atom. The Kier molecular flexibility index (Phi) is 5.12. The minimum Gasteiger partial charge on any atom is -0.297 e. The molecule has 0 aliphatic heterocycles. The van der Waals surface area contributed by atoms with Crippen LogP contribution in [0.2, 0.25) is 0 Å². The first-order valence-electron chi connectivity index (χ1n) is 5.52. The minimum absolute atomic E-state index is 0.688. The molecule has 0 atom stereocenters. The summed E-state index contributed by atoms with van der Waals surface area (Å²) >= 11 is 5.76. The van der Waals surface area contributed by atoms with Crippen LogP contribution >= 0.6 is 11.6 Å². The first-order chi connectivity index (χ1) is 7.21. The smallest absolute Gasteiger partial charge is 0.0597 e. The molecule has 15 heavy (non-hydrogen) atoms. The van der Waals surface area contributed by atoms with Crippen molar-refractivity contribution < 1.29 is 0 Å². The number of nitrogens with zero attached hydrogens (tertiary/aromatic N) is 3. The fourth-order valence-corrected chi connectivity index (χ4v) is 1.94. The third-order valence-electron chi connectivity index (χ3n) is 2.52. The standard InChI is InChI=1S/C11H20ClN3/c1-4-14(7-6-12)9-11-8-10(3)13-15(11)5-2/h8H,4-7,9H2,1-3H3.